The molecule has 0 unspecified atom stereocenters. The Hall–Kier alpha value is -2.29. The van der Waals surface area contributed by atoms with E-state index >= 15 is 0 Å². The van der Waals surface area contributed by atoms with Crippen LogP contribution in [0.3, 0.4) is 0 Å². The summed E-state index contributed by atoms with van der Waals surface area (Å²) in [7, 11) is 0. The predicted octanol–water partition coefficient (Wildman–Crippen LogP) is 4.17. The Bertz CT molecular complexity index is 715. The van der Waals surface area contributed by atoms with Crippen molar-refractivity contribution in [2.45, 2.75) is 13.5 Å². The third kappa shape index (κ3) is 2.67. The monoisotopic (exact) mass is 269 g/mol. The first-order chi connectivity index (χ1) is 9.72. The maximum absolute atomic E-state index is 13.1. The SMILES string of the molecule is Cc1ccc(OCCn2ccc3cc(F)ccc32)cc1. The van der Waals surface area contributed by atoms with Crippen LogP contribution in [0, 0.1) is 12.7 Å². The highest BCUT2D eigenvalue weighted by Gasteiger charge is 2.02. The number of ether oxygens (including phenoxy) is 1. The molecule has 0 saturated heterocycles. The normalized spacial score (nSPS) is 10.9. The highest BCUT2D eigenvalue weighted by Crippen LogP contribution is 2.17. The minimum atomic E-state index is -0.203. The molecule has 1 aromatic heterocycles. The molecule has 0 fully saturated rings. The number of fused-ring (bicyclic) bond motifs is 1. The van der Waals surface area contributed by atoms with Gasteiger partial charge in [0.05, 0.1) is 6.54 Å². The number of halogens is 1. The molecule has 20 heavy (non-hydrogen) atoms. The quantitative estimate of drug-likeness (QED) is 0.693. The van der Waals surface area contributed by atoms with Crippen LogP contribution in [0.5, 0.6) is 5.75 Å². The molecule has 0 amide bonds. The molecule has 0 N–H and O–H groups in total. The Morgan fingerprint density at radius 2 is 1.85 bits per heavy atom. The molecule has 102 valence electrons. The second kappa shape index (κ2) is 5.37. The first-order valence-corrected chi connectivity index (χ1v) is 6.66. The zero-order valence-corrected chi connectivity index (χ0v) is 11.3. The number of hydrogen-bond donors (Lipinski definition) is 0. The van der Waals surface area contributed by atoms with Crippen LogP contribution in [0.15, 0.2) is 54.7 Å². The van der Waals surface area contributed by atoms with Gasteiger partial charge in [-0.3, -0.25) is 0 Å². The Morgan fingerprint density at radius 1 is 1.05 bits per heavy atom. The van der Waals surface area contributed by atoms with E-state index in [1.54, 1.807) is 12.1 Å². The van der Waals surface area contributed by atoms with Crippen molar-refractivity contribution >= 4 is 10.9 Å². The molecule has 0 spiro atoms. The maximum Gasteiger partial charge on any atom is 0.123 e. The van der Waals surface area contributed by atoms with Crippen molar-refractivity contribution in [2.75, 3.05) is 6.61 Å². The number of nitrogens with zero attached hydrogens (tertiary/aromatic N) is 1. The van der Waals surface area contributed by atoms with Gasteiger partial charge < -0.3 is 9.30 Å². The summed E-state index contributed by atoms with van der Waals surface area (Å²) in [5, 5.41) is 0.917. The molecule has 2 nitrogen and oxygen atoms in total. The van der Waals surface area contributed by atoms with E-state index in [0.717, 1.165) is 23.2 Å². The third-order valence-corrected chi connectivity index (χ3v) is 3.35. The van der Waals surface area contributed by atoms with E-state index in [1.165, 1.54) is 11.6 Å². The van der Waals surface area contributed by atoms with Gasteiger partial charge in [0.1, 0.15) is 18.2 Å². The van der Waals surface area contributed by atoms with Crippen LogP contribution in [0.25, 0.3) is 10.9 Å². The molecular formula is C17H16FNO. The van der Waals surface area contributed by atoms with Crippen LogP contribution >= 0.6 is 0 Å². The van der Waals surface area contributed by atoms with Gasteiger partial charge >= 0.3 is 0 Å². The molecule has 3 rings (SSSR count). The minimum absolute atomic E-state index is 0.203. The molecule has 0 bridgehead atoms. The summed E-state index contributed by atoms with van der Waals surface area (Å²) in [6.07, 6.45) is 1.96. The average molecular weight is 269 g/mol. The van der Waals surface area contributed by atoms with E-state index in [0.29, 0.717) is 6.61 Å². The summed E-state index contributed by atoms with van der Waals surface area (Å²) < 4.78 is 20.9. The van der Waals surface area contributed by atoms with Crippen molar-refractivity contribution < 1.29 is 9.13 Å². The molecule has 0 radical (unpaired) electrons. The van der Waals surface area contributed by atoms with Gasteiger partial charge in [-0.1, -0.05) is 17.7 Å². The number of rotatable bonds is 4. The van der Waals surface area contributed by atoms with Crippen LogP contribution in [0.2, 0.25) is 0 Å². The van der Waals surface area contributed by atoms with E-state index in [2.05, 4.69) is 11.5 Å². The minimum Gasteiger partial charge on any atom is -0.492 e. The first-order valence-electron chi connectivity index (χ1n) is 6.66. The van der Waals surface area contributed by atoms with Gasteiger partial charge in [-0.15, -0.1) is 0 Å². The first kappa shape index (κ1) is 12.7. The van der Waals surface area contributed by atoms with Crippen LogP contribution in [0.1, 0.15) is 5.56 Å². The molecule has 0 atom stereocenters. The molecule has 3 aromatic rings. The molecule has 0 saturated carbocycles. The van der Waals surface area contributed by atoms with Crippen LogP contribution < -0.4 is 4.74 Å². The lowest BCUT2D eigenvalue weighted by Crippen LogP contribution is -2.07. The van der Waals surface area contributed by atoms with Crippen LogP contribution in [-0.2, 0) is 6.54 Å². The fourth-order valence-corrected chi connectivity index (χ4v) is 2.26. The van der Waals surface area contributed by atoms with Gasteiger partial charge in [-0.05, 0) is 43.3 Å². The Balaban J connectivity index is 1.66. The van der Waals surface area contributed by atoms with E-state index in [-0.39, 0.29) is 5.82 Å². The van der Waals surface area contributed by atoms with Gasteiger partial charge in [-0.2, -0.15) is 0 Å². The number of aryl methyl sites for hydroxylation is 1. The fraction of sp³-hybridized carbons (Fsp3) is 0.176. The highest BCUT2D eigenvalue weighted by atomic mass is 19.1. The van der Waals surface area contributed by atoms with Crippen molar-refractivity contribution in [3.05, 3.63) is 66.1 Å². The van der Waals surface area contributed by atoms with Crippen molar-refractivity contribution in [3.63, 3.8) is 0 Å². The Kier molecular flexibility index (Phi) is 3.42. The molecule has 0 aliphatic heterocycles. The van der Waals surface area contributed by atoms with Gasteiger partial charge in [-0.25, -0.2) is 4.39 Å². The lowest BCUT2D eigenvalue weighted by Gasteiger charge is -2.08. The van der Waals surface area contributed by atoms with Crippen molar-refractivity contribution in [2.24, 2.45) is 0 Å². The Labute approximate surface area is 117 Å². The molecule has 0 aliphatic rings. The standard InChI is InChI=1S/C17H16FNO/c1-13-2-5-16(6-3-13)20-11-10-19-9-8-14-12-15(18)4-7-17(14)19/h2-9,12H,10-11H2,1H3. The topological polar surface area (TPSA) is 14.2 Å². The summed E-state index contributed by atoms with van der Waals surface area (Å²) in [5.74, 6) is 0.671. The largest absolute Gasteiger partial charge is 0.492 e. The van der Waals surface area contributed by atoms with E-state index in [9.17, 15) is 4.39 Å². The lowest BCUT2D eigenvalue weighted by molar-refractivity contribution is 0.300. The lowest BCUT2D eigenvalue weighted by atomic mass is 10.2. The van der Waals surface area contributed by atoms with Gasteiger partial charge in [0.25, 0.3) is 0 Å². The molecule has 1 heterocycles. The highest BCUT2D eigenvalue weighted by molar-refractivity contribution is 5.80. The zero-order chi connectivity index (χ0) is 13.9. The Morgan fingerprint density at radius 3 is 2.65 bits per heavy atom. The van der Waals surface area contributed by atoms with Gasteiger partial charge in [0.15, 0.2) is 0 Å². The summed E-state index contributed by atoms with van der Waals surface area (Å²) in [6, 6.07) is 14.8. The second-order valence-electron chi connectivity index (χ2n) is 4.87. The predicted molar refractivity (Wildman–Crippen MR) is 78.6 cm³/mol. The van der Waals surface area contributed by atoms with E-state index in [4.69, 9.17) is 4.74 Å². The third-order valence-electron chi connectivity index (χ3n) is 3.35. The molecular weight excluding hydrogens is 253 g/mol. The number of aromatic nitrogens is 1. The van der Waals surface area contributed by atoms with Crippen LogP contribution in [-0.4, -0.2) is 11.2 Å². The smallest absolute Gasteiger partial charge is 0.123 e. The number of hydrogen-bond acceptors (Lipinski definition) is 1. The number of benzene rings is 2. The maximum atomic E-state index is 13.1. The molecule has 3 heteroatoms. The summed E-state index contributed by atoms with van der Waals surface area (Å²) >= 11 is 0. The van der Waals surface area contributed by atoms with Gasteiger partial charge in [0.2, 0.25) is 0 Å². The fourth-order valence-electron chi connectivity index (χ4n) is 2.26. The van der Waals surface area contributed by atoms with Crippen molar-refractivity contribution in [1.29, 1.82) is 0 Å². The summed E-state index contributed by atoms with van der Waals surface area (Å²) in [5.41, 5.74) is 2.25. The summed E-state index contributed by atoms with van der Waals surface area (Å²) in [4.78, 5) is 0. The second-order valence-corrected chi connectivity index (χ2v) is 4.87. The van der Waals surface area contributed by atoms with E-state index in [1.807, 2.05) is 36.5 Å². The zero-order valence-electron chi connectivity index (χ0n) is 11.3. The molecule has 2 aromatic carbocycles. The van der Waals surface area contributed by atoms with Gasteiger partial charge in [0, 0.05) is 17.1 Å². The van der Waals surface area contributed by atoms with E-state index < -0.39 is 0 Å². The summed E-state index contributed by atoms with van der Waals surface area (Å²) in [6.45, 7) is 3.38. The molecule has 0 aliphatic carbocycles. The van der Waals surface area contributed by atoms with Crippen molar-refractivity contribution in [1.82, 2.24) is 4.57 Å². The van der Waals surface area contributed by atoms with Crippen LogP contribution in [0.4, 0.5) is 4.39 Å². The van der Waals surface area contributed by atoms with Crippen molar-refractivity contribution in [3.8, 4) is 5.75 Å². The average Bonchev–Trinajstić information content (AvgIpc) is 2.83.